The number of carbonyl (C=O) groups is 2. The highest BCUT2D eigenvalue weighted by Gasteiger charge is 2.24. The number of Topliss-reactive ketones (excluding diaryl/α,β-unsaturated/α-hetero) is 1. The molecule has 0 spiro atoms. The molecular weight excluding hydrogens is 370 g/mol. The van der Waals surface area contributed by atoms with E-state index in [9.17, 15) is 9.59 Å². The zero-order valence-electron chi connectivity index (χ0n) is 16.4. The summed E-state index contributed by atoms with van der Waals surface area (Å²) in [6.45, 7) is 1.04. The lowest BCUT2D eigenvalue weighted by atomic mass is 9.96. The van der Waals surface area contributed by atoms with Gasteiger partial charge in [-0.15, -0.1) is 0 Å². The summed E-state index contributed by atoms with van der Waals surface area (Å²) in [6.07, 6.45) is 1.03. The summed E-state index contributed by atoms with van der Waals surface area (Å²) in [6, 6.07) is 12.3. The number of nitrogens with one attached hydrogen (secondary N) is 2. The Morgan fingerprint density at radius 3 is 2.59 bits per heavy atom. The second-order valence-corrected chi connectivity index (χ2v) is 6.96. The molecule has 152 valence electrons. The molecule has 2 aromatic rings. The number of amidine groups is 1. The van der Waals surface area contributed by atoms with Crippen molar-refractivity contribution in [2.75, 3.05) is 20.3 Å². The van der Waals surface area contributed by atoms with Gasteiger partial charge in [0.15, 0.2) is 5.78 Å². The monoisotopic (exact) mass is 395 g/mol. The lowest BCUT2D eigenvalue weighted by Gasteiger charge is -2.11. The second kappa shape index (κ2) is 9.23. The van der Waals surface area contributed by atoms with Gasteiger partial charge in [0.25, 0.3) is 0 Å². The van der Waals surface area contributed by atoms with E-state index >= 15 is 0 Å². The molecule has 0 bridgehead atoms. The summed E-state index contributed by atoms with van der Waals surface area (Å²) < 4.78 is 10.7. The lowest BCUT2D eigenvalue weighted by Crippen LogP contribution is -2.26. The average Bonchev–Trinajstić information content (AvgIpc) is 3.14. The van der Waals surface area contributed by atoms with Crippen LogP contribution in [0.2, 0.25) is 0 Å². The van der Waals surface area contributed by atoms with E-state index in [1.54, 1.807) is 37.4 Å². The maximum absolute atomic E-state index is 12.2. The fraction of sp³-hybridized carbons (Fsp3) is 0.318. The van der Waals surface area contributed by atoms with Gasteiger partial charge in [-0.1, -0.05) is 0 Å². The number of fused-ring (bicyclic) bond motifs is 1. The van der Waals surface area contributed by atoms with Crippen molar-refractivity contribution in [2.24, 2.45) is 5.73 Å². The Morgan fingerprint density at radius 1 is 1.17 bits per heavy atom. The Balaban J connectivity index is 1.43. The smallest absolute Gasteiger partial charge is 0.220 e. The summed E-state index contributed by atoms with van der Waals surface area (Å²) in [5.41, 5.74) is 7.81. The molecule has 3 rings (SSSR count). The number of amides is 1. The fourth-order valence-corrected chi connectivity index (χ4v) is 3.31. The SMILES string of the molecule is COc1ccc(C(=O)CCC(=O)NCCC2COc3ccc(C(=N)N)cc32)cc1. The number of rotatable bonds is 9. The van der Waals surface area contributed by atoms with Crippen molar-refractivity contribution in [3.63, 3.8) is 0 Å². The summed E-state index contributed by atoms with van der Waals surface area (Å²) in [5, 5.41) is 10.4. The predicted molar refractivity (Wildman–Crippen MR) is 110 cm³/mol. The van der Waals surface area contributed by atoms with Gasteiger partial charge in [0.2, 0.25) is 5.91 Å². The van der Waals surface area contributed by atoms with Crippen molar-refractivity contribution in [2.45, 2.75) is 25.2 Å². The fourth-order valence-electron chi connectivity index (χ4n) is 3.31. The van der Waals surface area contributed by atoms with Gasteiger partial charge in [-0.2, -0.15) is 0 Å². The first-order valence-electron chi connectivity index (χ1n) is 9.53. The topological polar surface area (TPSA) is 115 Å². The Hall–Kier alpha value is -3.35. The van der Waals surface area contributed by atoms with Gasteiger partial charge in [-0.05, 0) is 48.9 Å². The van der Waals surface area contributed by atoms with E-state index in [0.717, 1.165) is 11.3 Å². The number of nitrogens with two attached hydrogens (primary N) is 1. The normalized spacial score (nSPS) is 14.6. The highest BCUT2D eigenvalue weighted by atomic mass is 16.5. The van der Waals surface area contributed by atoms with Crippen LogP contribution < -0.4 is 20.5 Å². The Labute approximate surface area is 169 Å². The van der Waals surface area contributed by atoms with Crippen LogP contribution >= 0.6 is 0 Å². The third kappa shape index (κ3) is 5.13. The van der Waals surface area contributed by atoms with Crippen molar-refractivity contribution < 1.29 is 19.1 Å². The zero-order chi connectivity index (χ0) is 20.8. The molecule has 0 radical (unpaired) electrons. The summed E-state index contributed by atoms with van der Waals surface area (Å²) in [5.74, 6) is 1.43. The largest absolute Gasteiger partial charge is 0.497 e. The lowest BCUT2D eigenvalue weighted by molar-refractivity contribution is -0.121. The summed E-state index contributed by atoms with van der Waals surface area (Å²) in [4.78, 5) is 24.3. The molecule has 1 unspecified atom stereocenters. The van der Waals surface area contributed by atoms with Crippen LogP contribution in [0, 0.1) is 5.41 Å². The van der Waals surface area contributed by atoms with E-state index in [2.05, 4.69) is 5.32 Å². The van der Waals surface area contributed by atoms with E-state index in [1.807, 2.05) is 12.1 Å². The third-order valence-electron chi connectivity index (χ3n) is 5.01. The third-order valence-corrected chi connectivity index (χ3v) is 5.01. The Kier molecular flexibility index (Phi) is 6.49. The van der Waals surface area contributed by atoms with Gasteiger partial charge in [0.05, 0.1) is 13.7 Å². The standard InChI is InChI=1S/C22H25N3O4/c1-28-17-5-2-14(3-6-17)19(26)7-9-21(27)25-11-10-16-13-29-20-8-4-15(22(23)24)12-18(16)20/h2-6,8,12,16H,7,9-11,13H2,1H3,(H3,23,24)(H,25,27). The molecule has 1 amide bonds. The van der Waals surface area contributed by atoms with E-state index < -0.39 is 0 Å². The molecular formula is C22H25N3O4. The number of ketones is 1. The number of carbonyl (C=O) groups excluding carboxylic acids is 2. The maximum atomic E-state index is 12.2. The molecule has 0 saturated heterocycles. The molecule has 2 aromatic carbocycles. The molecule has 1 aliphatic heterocycles. The number of benzene rings is 2. The molecule has 7 nitrogen and oxygen atoms in total. The van der Waals surface area contributed by atoms with Gasteiger partial charge in [0, 0.05) is 42.0 Å². The quantitative estimate of drug-likeness (QED) is 0.343. The minimum atomic E-state index is -0.150. The van der Waals surface area contributed by atoms with Crippen LogP contribution in [0.3, 0.4) is 0 Å². The molecule has 29 heavy (non-hydrogen) atoms. The Bertz CT molecular complexity index is 909. The van der Waals surface area contributed by atoms with Crippen LogP contribution in [0.5, 0.6) is 11.5 Å². The van der Waals surface area contributed by atoms with Crippen molar-refractivity contribution in [3.8, 4) is 11.5 Å². The van der Waals surface area contributed by atoms with Gasteiger partial charge in [-0.3, -0.25) is 15.0 Å². The van der Waals surface area contributed by atoms with Crippen LogP contribution in [0.4, 0.5) is 0 Å². The highest BCUT2D eigenvalue weighted by Crippen LogP contribution is 2.36. The number of hydrogen-bond donors (Lipinski definition) is 3. The molecule has 0 aliphatic carbocycles. The number of nitrogen functional groups attached to an aromatic ring is 1. The van der Waals surface area contributed by atoms with Crippen molar-refractivity contribution in [1.82, 2.24) is 5.32 Å². The van der Waals surface area contributed by atoms with Gasteiger partial charge < -0.3 is 20.5 Å². The summed E-state index contributed by atoms with van der Waals surface area (Å²) >= 11 is 0. The van der Waals surface area contributed by atoms with Crippen LogP contribution in [-0.4, -0.2) is 37.8 Å². The van der Waals surface area contributed by atoms with Crippen LogP contribution in [-0.2, 0) is 4.79 Å². The Morgan fingerprint density at radius 2 is 1.90 bits per heavy atom. The molecule has 7 heteroatoms. The zero-order valence-corrected chi connectivity index (χ0v) is 16.4. The van der Waals surface area contributed by atoms with Crippen molar-refractivity contribution in [1.29, 1.82) is 5.41 Å². The van der Waals surface area contributed by atoms with Crippen LogP contribution in [0.15, 0.2) is 42.5 Å². The van der Waals surface area contributed by atoms with Crippen LogP contribution in [0.1, 0.15) is 46.7 Å². The minimum Gasteiger partial charge on any atom is -0.497 e. The molecule has 1 aliphatic rings. The van der Waals surface area contributed by atoms with E-state index in [-0.39, 0.29) is 36.3 Å². The number of methoxy groups -OCH3 is 1. The molecule has 0 aromatic heterocycles. The average molecular weight is 395 g/mol. The van der Waals surface area contributed by atoms with E-state index in [0.29, 0.717) is 36.4 Å². The number of hydrogen-bond acceptors (Lipinski definition) is 5. The van der Waals surface area contributed by atoms with Gasteiger partial charge in [-0.25, -0.2) is 0 Å². The highest BCUT2D eigenvalue weighted by molar-refractivity contribution is 5.98. The predicted octanol–water partition coefficient (Wildman–Crippen LogP) is 2.62. The first-order valence-corrected chi connectivity index (χ1v) is 9.53. The molecule has 1 atom stereocenters. The van der Waals surface area contributed by atoms with Gasteiger partial charge in [0.1, 0.15) is 17.3 Å². The maximum Gasteiger partial charge on any atom is 0.220 e. The van der Waals surface area contributed by atoms with E-state index in [4.69, 9.17) is 20.6 Å². The molecule has 1 heterocycles. The molecule has 4 N–H and O–H groups in total. The van der Waals surface area contributed by atoms with E-state index in [1.165, 1.54) is 0 Å². The first kappa shape index (κ1) is 20.4. The van der Waals surface area contributed by atoms with Gasteiger partial charge >= 0.3 is 0 Å². The molecule has 0 fully saturated rings. The second-order valence-electron chi connectivity index (χ2n) is 6.96. The minimum absolute atomic E-state index is 0.0216. The first-order chi connectivity index (χ1) is 14.0. The van der Waals surface area contributed by atoms with Crippen LogP contribution in [0.25, 0.3) is 0 Å². The molecule has 0 saturated carbocycles. The number of ether oxygens (including phenoxy) is 2. The summed E-state index contributed by atoms with van der Waals surface area (Å²) in [7, 11) is 1.57. The van der Waals surface area contributed by atoms with Crippen molar-refractivity contribution in [3.05, 3.63) is 59.2 Å². The van der Waals surface area contributed by atoms with Crippen molar-refractivity contribution >= 4 is 17.5 Å².